The van der Waals surface area contributed by atoms with Crippen LogP contribution in [0.4, 0.5) is 10.5 Å². The molecule has 2 amide bonds. The topological polar surface area (TPSA) is 58.4 Å². The average molecular weight is 369 g/mol. The van der Waals surface area contributed by atoms with Crippen LogP contribution in [0.5, 0.6) is 0 Å². The lowest BCUT2D eigenvalue weighted by Gasteiger charge is -2.16. The molecule has 0 spiro atoms. The minimum atomic E-state index is -0.318. The molecule has 0 atom stereocenters. The summed E-state index contributed by atoms with van der Waals surface area (Å²) in [5.74, 6) is 0. The smallest absolute Gasteiger partial charge is 0.329 e. The van der Waals surface area contributed by atoms with Crippen molar-refractivity contribution in [3.63, 3.8) is 0 Å². The largest absolute Gasteiger partial charge is 0.331 e. The van der Waals surface area contributed by atoms with E-state index >= 15 is 0 Å². The first-order valence-corrected chi connectivity index (χ1v) is 6.46. The van der Waals surface area contributed by atoms with Crippen LogP contribution in [0.15, 0.2) is 27.1 Å². The van der Waals surface area contributed by atoms with Gasteiger partial charge >= 0.3 is 6.03 Å². The fourth-order valence-corrected chi connectivity index (χ4v) is 2.37. The Balaban J connectivity index is 2.77. The van der Waals surface area contributed by atoms with Crippen LogP contribution in [0, 0.1) is 0 Å². The van der Waals surface area contributed by atoms with Gasteiger partial charge in [0.25, 0.3) is 0 Å². The summed E-state index contributed by atoms with van der Waals surface area (Å²) >= 11 is 10.7. The third kappa shape index (κ3) is 3.65. The molecule has 1 rings (SSSR count). The van der Waals surface area contributed by atoms with Crippen LogP contribution in [0.25, 0.3) is 0 Å². The lowest BCUT2D eigenvalue weighted by atomic mass is 10.3. The molecule has 4 nitrogen and oxygen atoms in total. The maximum absolute atomic E-state index is 11.6. The molecule has 0 aliphatic heterocycles. The molecule has 0 heterocycles. The van der Waals surface area contributed by atoms with E-state index in [0.29, 0.717) is 18.8 Å². The van der Waals surface area contributed by atoms with Crippen molar-refractivity contribution >= 4 is 56.4 Å². The number of nitrogens with zero attached hydrogens (tertiary/aromatic N) is 1. The molecule has 0 bridgehead atoms. The van der Waals surface area contributed by atoms with E-state index in [4.69, 9.17) is 5.73 Å². The van der Waals surface area contributed by atoms with Crippen LogP contribution in [0.3, 0.4) is 0 Å². The summed E-state index contributed by atoms with van der Waals surface area (Å²) in [5.41, 5.74) is 6.00. The van der Waals surface area contributed by atoms with Crippen LogP contribution in [-0.2, 0) is 0 Å². The van der Waals surface area contributed by atoms with Gasteiger partial charge in [0.05, 0.1) is 5.69 Å². The van der Waals surface area contributed by atoms with Gasteiger partial charge in [-0.1, -0.05) is 18.9 Å². The zero-order valence-electron chi connectivity index (χ0n) is 8.28. The van der Waals surface area contributed by atoms with Gasteiger partial charge in [0, 0.05) is 22.0 Å². The molecule has 7 heteroatoms. The van der Waals surface area contributed by atoms with E-state index in [9.17, 15) is 4.79 Å². The molecular formula is C9H11Br2N3OS. The van der Waals surface area contributed by atoms with Gasteiger partial charge in [-0.05, 0) is 44.0 Å². The second-order valence-corrected chi connectivity index (χ2v) is 5.13. The summed E-state index contributed by atoms with van der Waals surface area (Å²) in [6.07, 6.45) is 0. The monoisotopic (exact) mass is 367 g/mol. The summed E-state index contributed by atoms with van der Waals surface area (Å²) < 4.78 is 2.82. The standard InChI is InChI=1S/C9H11Br2N3OS/c10-6-2-1-3-7(11)8(6)13-9(15)14(16)5-4-12/h1-3,16H,4-5,12H2,(H,13,15). The first kappa shape index (κ1) is 13.8. The number of hydrogen-bond acceptors (Lipinski definition) is 3. The number of urea groups is 1. The SMILES string of the molecule is NCCN(S)C(=O)Nc1c(Br)cccc1Br. The fraction of sp³-hybridized carbons (Fsp3) is 0.222. The van der Waals surface area contributed by atoms with Crippen LogP contribution in [0.1, 0.15) is 0 Å². The molecule has 16 heavy (non-hydrogen) atoms. The van der Waals surface area contributed by atoms with E-state index in [0.717, 1.165) is 8.95 Å². The van der Waals surface area contributed by atoms with E-state index in [1.54, 1.807) is 0 Å². The van der Waals surface area contributed by atoms with Crippen LogP contribution in [-0.4, -0.2) is 23.4 Å². The lowest BCUT2D eigenvalue weighted by molar-refractivity contribution is 0.239. The quantitative estimate of drug-likeness (QED) is 0.718. The Kier molecular flexibility index (Phi) is 5.60. The van der Waals surface area contributed by atoms with Crippen molar-refractivity contribution in [2.24, 2.45) is 5.73 Å². The van der Waals surface area contributed by atoms with E-state index in [1.165, 1.54) is 4.31 Å². The Morgan fingerprint density at radius 3 is 2.50 bits per heavy atom. The highest BCUT2D eigenvalue weighted by Crippen LogP contribution is 2.30. The van der Waals surface area contributed by atoms with Crippen molar-refractivity contribution < 1.29 is 4.79 Å². The van der Waals surface area contributed by atoms with Crippen molar-refractivity contribution in [2.75, 3.05) is 18.4 Å². The molecule has 1 aromatic carbocycles. The molecule has 1 aromatic rings. The normalized spacial score (nSPS) is 10.0. The number of para-hydroxylation sites is 1. The Morgan fingerprint density at radius 1 is 1.44 bits per heavy atom. The second-order valence-electron chi connectivity index (χ2n) is 2.94. The van der Waals surface area contributed by atoms with Crippen molar-refractivity contribution in [3.8, 4) is 0 Å². The van der Waals surface area contributed by atoms with Gasteiger partial charge in [0.15, 0.2) is 0 Å². The Hall–Kier alpha value is -0.240. The zero-order valence-corrected chi connectivity index (χ0v) is 12.3. The third-order valence-corrected chi connectivity index (χ3v) is 3.47. The molecule has 0 aromatic heterocycles. The highest BCUT2D eigenvalue weighted by molar-refractivity contribution is 9.11. The van der Waals surface area contributed by atoms with Gasteiger partial charge in [-0.2, -0.15) is 0 Å². The minimum absolute atomic E-state index is 0.318. The molecule has 0 saturated carbocycles. The number of rotatable bonds is 3. The number of nitrogens with one attached hydrogen (secondary N) is 1. The van der Waals surface area contributed by atoms with Crippen molar-refractivity contribution in [1.29, 1.82) is 0 Å². The van der Waals surface area contributed by atoms with E-state index in [-0.39, 0.29) is 6.03 Å². The number of nitrogens with two attached hydrogens (primary N) is 1. The van der Waals surface area contributed by atoms with Crippen molar-refractivity contribution in [3.05, 3.63) is 27.1 Å². The van der Waals surface area contributed by atoms with Gasteiger partial charge < -0.3 is 11.1 Å². The molecular weight excluding hydrogens is 358 g/mol. The highest BCUT2D eigenvalue weighted by Gasteiger charge is 2.12. The van der Waals surface area contributed by atoms with Crippen molar-refractivity contribution in [1.82, 2.24) is 4.31 Å². The summed E-state index contributed by atoms with van der Waals surface area (Å²) in [6.45, 7) is 0.755. The Morgan fingerprint density at radius 2 is 2.00 bits per heavy atom. The summed E-state index contributed by atoms with van der Waals surface area (Å²) in [5, 5.41) is 2.72. The number of halogens is 2. The Labute approximate surface area is 116 Å². The molecule has 0 unspecified atom stereocenters. The molecule has 0 aliphatic carbocycles. The van der Waals surface area contributed by atoms with Crippen LogP contribution in [0.2, 0.25) is 0 Å². The summed E-state index contributed by atoms with van der Waals surface area (Å²) in [4.78, 5) is 11.6. The van der Waals surface area contributed by atoms with Crippen LogP contribution < -0.4 is 11.1 Å². The summed E-state index contributed by atoms with van der Waals surface area (Å²) in [6, 6.07) is 5.22. The number of anilines is 1. The van der Waals surface area contributed by atoms with Gasteiger partial charge in [0.1, 0.15) is 0 Å². The first-order chi connectivity index (χ1) is 7.56. The third-order valence-electron chi connectivity index (χ3n) is 1.77. The predicted molar refractivity (Wildman–Crippen MR) is 75.6 cm³/mol. The lowest BCUT2D eigenvalue weighted by Crippen LogP contribution is -2.31. The van der Waals surface area contributed by atoms with E-state index in [1.807, 2.05) is 18.2 Å². The van der Waals surface area contributed by atoms with E-state index < -0.39 is 0 Å². The van der Waals surface area contributed by atoms with Crippen molar-refractivity contribution in [2.45, 2.75) is 0 Å². The minimum Gasteiger partial charge on any atom is -0.329 e. The van der Waals surface area contributed by atoms with Gasteiger partial charge in [-0.25, -0.2) is 4.79 Å². The Bertz CT molecular complexity index is 369. The maximum Gasteiger partial charge on any atom is 0.331 e. The number of carbonyl (C=O) groups is 1. The van der Waals surface area contributed by atoms with Gasteiger partial charge in [-0.3, -0.25) is 4.31 Å². The molecule has 3 N–H and O–H groups in total. The van der Waals surface area contributed by atoms with Gasteiger partial charge in [0.2, 0.25) is 0 Å². The average Bonchev–Trinajstić information content (AvgIpc) is 2.23. The predicted octanol–water partition coefficient (Wildman–Crippen LogP) is 2.85. The molecule has 88 valence electrons. The number of hydrogen-bond donors (Lipinski definition) is 3. The number of benzene rings is 1. The zero-order chi connectivity index (χ0) is 12.1. The highest BCUT2D eigenvalue weighted by atomic mass is 79.9. The number of thiol groups is 1. The van der Waals surface area contributed by atoms with Gasteiger partial charge in [-0.15, -0.1) is 0 Å². The molecule has 0 fully saturated rings. The summed E-state index contributed by atoms with van der Waals surface area (Å²) in [7, 11) is 0. The van der Waals surface area contributed by atoms with E-state index in [2.05, 4.69) is 50.0 Å². The first-order valence-electron chi connectivity index (χ1n) is 4.47. The molecule has 0 saturated heterocycles. The number of carbonyl (C=O) groups excluding carboxylic acids is 1. The maximum atomic E-state index is 11.6. The number of amides is 2. The molecule has 0 radical (unpaired) electrons. The van der Waals surface area contributed by atoms with Crippen LogP contribution >= 0.6 is 44.7 Å². The molecule has 0 aliphatic rings. The second kappa shape index (κ2) is 6.48. The fourth-order valence-electron chi connectivity index (χ4n) is 1.01.